The Morgan fingerprint density at radius 3 is 1.63 bits per heavy atom. The molecule has 7 aromatic carbocycles. The lowest BCUT2D eigenvalue weighted by Gasteiger charge is -2.12. The van der Waals surface area contributed by atoms with Crippen LogP contribution in [0.4, 0.5) is 0 Å². The van der Waals surface area contributed by atoms with Crippen LogP contribution in [0.5, 0.6) is 0 Å². The zero-order valence-electron chi connectivity index (χ0n) is 24.8. The van der Waals surface area contributed by atoms with E-state index in [1.54, 1.807) is 0 Å². The lowest BCUT2D eigenvalue weighted by Crippen LogP contribution is -1.95. The summed E-state index contributed by atoms with van der Waals surface area (Å²) in [5, 5.41) is 5.65. The highest BCUT2D eigenvalue weighted by molar-refractivity contribution is 6.23. The molecule has 0 spiro atoms. The molecule has 0 bridgehead atoms. The Morgan fingerprint density at radius 1 is 0.348 bits per heavy atom. The fraction of sp³-hybridized carbons (Fsp3) is 0. The smallest absolute Gasteiger partial charge is 0.160 e. The van der Waals surface area contributed by atoms with Crippen LogP contribution in [-0.2, 0) is 0 Å². The zero-order chi connectivity index (χ0) is 30.5. The molecule has 4 nitrogen and oxygen atoms in total. The lowest BCUT2D eigenvalue weighted by molar-refractivity contribution is 1.23. The van der Waals surface area contributed by atoms with Gasteiger partial charge in [0.25, 0.3) is 0 Å². The van der Waals surface area contributed by atoms with Gasteiger partial charge in [0.15, 0.2) is 5.82 Å². The molecular weight excluding hydrogens is 560 g/mol. The zero-order valence-corrected chi connectivity index (χ0v) is 24.8. The van der Waals surface area contributed by atoms with E-state index in [-0.39, 0.29) is 0 Å². The maximum Gasteiger partial charge on any atom is 0.160 e. The molecule has 0 aliphatic carbocycles. The highest BCUT2D eigenvalue weighted by Gasteiger charge is 2.14. The van der Waals surface area contributed by atoms with Gasteiger partial charge in [-0.2, -0.15) is 0 Å². The van der Waals surface area contributed by atoms with Gasteiger partial charge in [-0.1, -0.05) is 133 Å². The third-order valence-electron chi connectivity index (χ3n) is 8.69. The number of rotatable bonds is 4. The molecule has 0 fully saturated rings. The normalized spacial score (nSPS) is 11.5. The van der Waals surface area contributed by atoms with Crippen LogP contribution in [0.15, 0.2) is 158 Å². The first-order valence-electron chi connectivity index (χ1n) is 15.4. The summed E-state index contributed by atoms with van der Waals surface area (Å²) in [5.74, 6) is 0.704. The predicted octanol–water partition coefficient (Wildman–Crippen LogP) is 10.5. The van der Waals surface area contributed by atoms with Crippen LogP contribution in [0, 0.1) is 0 Å². The van der Waals surface area contributed by atoms with E-state index in [1.165, 1.54) is 10.8 Å². The first-order valence-corrected chi connectivity index (χ1v) is 15.4. The molecule has 0 amide bonds. The Balaban J connectivity index is 1.15. The Morgan fingerprint density at radius 2 is 0.891 bits per heavy atom. The van der Waals surface area contributed by atoms with E-state index < -0.39 is 0 Å². The summed E-state index contributed by atoms with van der Waals surface area (Å²) in [6.07, 6.45) is 1.90. The van der Waals surface area contributed by atoms with Crippen molar-refractivity contribution < 1.29 is 0 Å². The first kappa shape index (κ1) is 26.2. The van der Waals surface area contributed by atoms with Crippen molar-refractivity contribution in [3.8, 4) is 45.0 Å². The molecule has 2 aromatic heterocycles. The maximum atomic E-state index is 5.21. The second kappa shape index (κ2) is 10.7. The van der Waals surface area contributed by atoms with Gasteiger partial charge in [-0.15, -0.1) is 0 Å². The third-order valence-corrected chi connectivity index (χ3v) is 8.69. The number of aromatic nitrogens is 4. The van der Waals surface area contributed by atoms with Crippen LogP contribution in [0.25, 0.3) is 88.5 Å². The van der Waals surface area contributed by atoms with Gasteiger partial charge in [-0.3, -0.25) is 4.98 Å². The Kier molecular flexibility index (Phi) is 6.10. The molecule has 9 aromatic rings. The van der Waals surface area contributed by atoms with E-state index in [4.69, 9.17) is 19.9 Å². The molecule has 0 N–H and O–H groups in total. The number of nitrogens with zero attached hydrogens (tertiary/aromatic N) is 4. The largest absolute Gasteiger partial charge is 0.252 e. The molecule has 2 heterocycles. The standard InChI is InChI=1S/C42H26N4/c1-2-12-27(13-3-1)39-36-22-8-9-23-37(36)45-42(46-39)31-17-11-15-29(25-31)28-14-10-16-30(24-28)38-26-43-40-34-20-6-4-18-32(34)33-19-5-7-21-35(33)41(40)44-38/h1-26H. The Labute approximate surface area is 265 Å². The number of hydrogen-bond donors (Lipinski definition) is 0. The third kappa shape index (κ3) is 4.39. The van der Waals surface area contributed by atoms with Crippen molar-refractivity contribution in [3.63, 3.8) is 0 Å². The van der Waals surface area contributed by atoms with Crippen LogP contribution in [0.3, 0.4) is 0 Å². The van der Waals surface area contributed by atoms with Crippen molar-refractivity contribution in [1.29, 1.82) is 0 Å². The van der Waals surface area contributed by atoms with E-state index >= 15 is 0 Å². The summed E-state index contributed by atoms with van der Waals surface area (Å²) in [6, 6.07) is 52.4. The minimum atomic E-state index is 0.704. The summed E-state index contributed by atoms with van der Waals surface area (Å²) in [5.41, 5.74) is 9.78. The van der Waals surface area contributed by atoms with Crippen LogP contribution in [0.2, 0.25) is 0 Å². The Bertz CT molecular complexity index is 2560. The summed E-state index contributed by atoms with van der Waals surface area (Å²) < 4.78 is 0. The SMILES string of the molecule is c1ccc(-c2nc(-c3cccc(-c4cccc(-c5cnc6c7ccccc7c7ccccc7c6n5)c4)c3)nc3ccccc23)cc1. The van der Waals surface area contributed by atoms with Gasteiger partial charge < -0.3 is 0 Å². The van der Waals surface area contributed by atoms with Crippen LogP contribution < -0.4 is 0 Å². The van der Waals surface area contributed by atoms with E-state index in [9.17, 15) is 0 Å². The van der Waals surface area contributed by atoms with Crippen molar-refractivity contribution in [1.82, 2.24) is 19.9 Å². The highest BCUT2D eigenvalue weighted by Crippen LogP contribution is 2.35. The molecule has 0 atom stereocenters. The average molecular weight is 587 g/mol. The molecule has 4 heteroatoms. The molecule has 9 rings (SSSR count). The molecule has 0 aliphatic rings. The van der Waals surface area contributed by atoms with Gasteiger partial charge in [-0.05, 0) is 40.1 Å². The summed E-state index contributed by atoms with van der Waals surface area (Å²) in [6.45, 7) is 0. The maximum absolute atomic E-state index is 5.21. The van der Waals surface area contributed by atoms with Crippen LogP contribution in [0.1, 0.15) is 0 Å². The molecule has 0 aliphatic heterocycles. The summed E-state index contributed by atoms with van der Waals surface area (Å²) >= 11 is 0. The van der Waals surface area contributed by atoms with Crippen LogP contribution in [-0.4, -0.2) is 19.9 Å². The highest BCUT2D eigenvalue weighted by atomic mass is 14.9. The minimum Gasteiger partial charge on any atom is -0.252 e. The van der Waals surface area contributed by atoms with Gasteiger partial charge in [-0.25, -0.2) is 15.0 Å². The average Bonchev–Trinajstić information content (AvgIpc) is 3.15. The lowest BCUT2D eigenvalue weighted by atomic mass is 9.98. The van der Waals surface area contributed by atoms with Crippen molar-refractivity contribution in [2.75, 3.05) is 0 Å². The van der Waals surface area contributed by atoms with Gasteiger partial charge in [0.05, 0.1) is 34.1 Å². The molecule has 46 heavy (non-hydrogen) atoms. The predicted molar refractivity (Wildman–Crippen MR) is 189 cm³/mol. The van der Waals surface area contributed by atoms with E-state index in [0.29, 0.717) is 5.82 Å². The van der Waals surface area contributed by atoms with Gasteiger partial charge >= 0.3 is 0 Å². The number of benzene rings is 7. The van der Waals surface area contributed by atoms with Gasteiger partial charge in [0, 0.05) is 32.8 Å². The fourth-order valence-corrected chi connectivity index (χ4v) is 6.48. The van der Waals surface area contributed by atoms with Gasteiger partial charge in [0.1, 0.15) is 0 Å². The number of hydrogen-bond acceptors (Lipinski definition) is 4. The van der Waals surface area contributed by atoms with Crippen molar-refractivity contribution >= 4 is 43.5 Å². The minimum absolute atomic E-state index is 0.704. The summed E-state index contributed by atoms with van der Waals surface area (Å²) in [7, 11) is 0. The molecule has 0 unspecified atom stereocenters. The van der Waals surface area contributed by atoms with E-state index in [1.807, 2.05) is 36.5 Å². The first-order chi connectivity index (χ1) is 22.8. The quantitative estimate of drug-likeness (QED) is 0.193. The van der Waals surface area contributed by atoms with E-state index in [0.717, 1.165) is 71.9 Å². The number of fused-ring (bicyclic) bond motifs is 7. The van der Waals surface area contributed by atoms with Crippen molar-refractivity contribution in [3.05, 3.63) is 158 Å². The topological polar surface area (TPSA) is 51.6 Å². The second-order valence-electron chi connectivity index (χ2n) is 11.5. The summed E-state index contributed by atoms with van der Waals surface area (Å²) in [4.78, 5) is 20.2. The molecular formula is C42H26N4. The number of para-hydroxylation sites is 1. The van der Waals surface area contributed by atoms with E-state index in [2.05, 4.69) is 121 Å². The molecule has 0 saturated carbocycles. The molecule has 0 radical (unpaired) electrons. The Hall–Kier alpha value is -6.26. The van der Waals surface area contributed by atoms with Crippen LogP contribution >= 0.6 is 0 Å². The monoisotopic (exact) mass is 586 g/mol. The van der Waals surface area contributed by atoms with Gasteiger partial charge in [0.2, 0.25) is 0 Å². The second-order valence-corrected chi connectivity index (χ2v) is 11.5. The molecule has 0 saturated heterocycles. The fourth-order valence-electron chi connectivity index (χ4n) is 6.48. The molecule has 214 valence electrons. The van der Waals surface area contributed by atoms with Crippen molar-refractivity contribution in [2.24, 2.45) is 0 Å². The van der Waals surface area contributed by atoms with Crippen molar-refractivity contribution in [2.45, 2.75) is 0 Å².